The van der Waals surface area contributed by atoms with Crippen LogP contribution in [-0.2, 0) is 0 Å². The lowest BCUT2D eigenvalue weighted by molar-refractivity contribution is 0.139. The maximum absolute atomic E-state index is 10.3. The number of pyridine rings is 1. The number of ether oxygens (including phenoxy) is 1. The highest BCUT2D eigenvalue weighted by Gasteiger charge is 2.20. The molecule has 24 heavy (non-hydrogen) atoms. The molecule has 0 amide bonds. The Morgan fingerprint density at radius 3 is 2.50 bits per heavy atom. The molecule has 0 saturated carbocycles. The second-order valence-electron chi connectivity index (χ2n) is 6.09. The normalized spacial score (nSPS) is 16.8. The molecule has 2 heterocycles. The number of rotatable bonds is 6. The van der Waals surface area contributed by atoms with E-state index in [2.05, 4.69) is 26.9 Å². The van der Waals surface area contributed by atoms with Crippen LogP contribution in [-0.4, -0.2) is 54.8 Å². The van der Waals surface area contributed by atoms with Crippen molar-refractivity contribution in [2.24, 2.45) is 0 Å². The molecule has 1 unspecified atom stereocenters. The maximum Gasteiger partial charge on any atom is 0.142 e. The summed E-state index contributed by atoms with van der Waals surface area (Å²) in [6.45, 7) is 4.86. The lowest BCUT2D eigenvalue weighted by Gasteiger charge is -2.36. The first kappa shape index (κ1) is 16.7. The van der Waals surface area contributed by atoms with Crippen LogP contribution in [0.3, 0.4) is 0 Å². The summed E-state index contributed by atoms with van der Waals surface area (Å²) >= 11 is 0. The van der Waals surface area contributed by atoms with Crippen LogP contribution >= 0.6 is 0 Å². The van der Waals surface area contributed by atoms with Gasteiger partial charge in [0.05, 0.1) is 18.9 Å². The van der Waals surface area contributed by atoms with Crippen LogP contribution in [0.25, 0.3) is 0 Å². The minimum absolute atomic E-state index is 0.416. The van der Waals surface area contributed by atoms with Crippen LogP contribution in [0.1, 0.15) is 18.1 Å². The van der Waals surface area contributed by atoms with Gasteiger partial charge in [0.15, 0.2) is 0 Å². The number of aromatic nitrogens is 1. The third kappa shape index (κ3) is 4.04. The zero-order chi connectivity index (χ0) is 16.8. The van der Waals surface area contributed by atoms with Crippen molar-refractivity contribution in [3.05, 3.63) is 54.4 Å². The highest BCUT2D eigenvalue weighted by Crippen LogP contribution is 2.28. The molecule has 0 radical (unpaired) electrons. The molecule has 0 spiro atoms. The first-order chi connectivity index (χ1) is 11.8. The van der Waals surface area contributed by atoms with Crippen LogP contribution in [0, 0.1) is 0 Å². The molecule has 128 valence electrons. The average Bonchev–Trinajstić information content (AvgIpc) is 2.67. The third-order valence-corrected chi connectivity index (χ3v) is 4.61. The van der Waals surface area contributed by atoms with Crippen LogP contribution in [0.5, 0.6) is 5.75 Å². The fraction of sp³-hybridized carbons (Fsp3) is 0.421. The van der Waals surface area contributed by atoms with Crippen LogP contribution in [0.2, 0.25) is 0 Å². The van der Waals surface area contributed by atoms with Gasteiger partial charge in [-0.15, -0.1) is 0 Å². The van der Waals surface area contributed by atoms with E-state index in [1.54, 1.807) is 19.5 Å². The molecule has 1 aromatic heterocycles. The standard InChI is InChI=1S/C19H25N3O2/c1-24-19-5-3-2-4-17(19)22-14-12-21(13-15-22)11-8-18(23)16-6-9-20-10-7-16/h2-7,9-10,18,23H,8,11-15H2,1H3. The number of anilines is 1. The Balaban J connectivity index is 1.49. The second kappa shape index (κ2) is 8.13. The fourth-order valence-electron chi connectivity index (χ4n) is 3.16. The van der Waals surface area contributed by atoms with Gasteiger partial charge in [0.2, 0.25) is 0 Å². The Labute approximate surface area is 143 Å². The number of benzene rings is 1. The molecule has 2 aromatic rings. The van der Waals surface area contributed by atoms with Crippen molar-refractivity contribution in [3.8, 4) is 5.75 Å². The molecule has 1 N–H and O–H groups in total. The SMILES string of the molecule is COc1ccccc1N1CCN(CCC(O)c2ccncc2)CC1. The number of methoxy groups -OCH3 is 1. The Morgan fingerprint density at radius 2 is 1.79 bits per heavy atom. The van der Waals surface area contributed by atoms with Gasteiger partial charge in [-0.1, -0.05) is 12.1 Å². The molecule has 1 aromatic carbocycles. The van der Waals surface area contributed by atoms with Crippen molar-refractivity contribution < 1.29 is 9.84 Å². The molecule has 3 rings (SSSR count). The minimum atomic E-state index is -0.416. The quantitative estimate of drug-likeness (QED) is 0.882. The number of aliphatic hydroxyl groups is 1. The highest BCUT2D eigenvalue weighted by atomic mass is 16.5. The number of piperazine rings is 1. The largest absolute Gasteiger partial charge is 0.495 e. The summed E-state index contributed by atoms with van der Waals surface area (Å²) in [6, 6.07) is 11.9. The summed E-state index contributed by atoms with van der Waals surface area (Å²) < 4.78 is 5.46. The van der Waals surface area contributed by atoms with Crippen molar-refractivity contribution >= 4 is 5.69 Å². The molecule has 1 atom stereocenters. The van der Waals surface area contributed by atoms with E-state index in [-0.39, 0.29) is 0 Å². The van der Waals surface area contributed by atoms with E-state index in [4.69, 9.17) is 4.74 Å². The van der Waals surface area contributed by atoms with Gasteiger partial charge in [0, 0.05) is 45.1 Å². The molecule has 1 fully saturated rings. The number of hydrogen-bond donors (Lipinski definition) is 1. The smallest absolute Gasteiger partial charge is 0.142 e. The molecule has 5 heteroatoms. The van der Waals surface area contributed by atoms with E-state index in [0.29, 0.717) is 0 Å². The van der Waals surface area contributed by atoms with Gasteiger partial charge in [-0.2, -0.15) is 0 Å². The van der Waals surface area contributed by atoms with E-state index < -0.39 is 6.10 Å². The Hall–Kier alpha value is -2.11. The molecule has 1 aliphatic rings. The lowest BCUT2D eigenvalue weighted by Crippen LogP contribution is -2.46. The molecule has 5 nitrogen and oxygen atoms in total. The second-order valence-corrected chi connectivity index (χ2v) is 6.09. The van der Waals surface area contributed by atoms with Crippen LogP contribution < -0.4 is 9.64 Å². The number of nitrogens with zero attached hydrogens (tertiary/aromatic N) is 3. The van der Waals surface area contributed by atoms with E-state index in [1.807, 2.05) is 24.3 Å². The lowest BCUT2D eigenvalue weighted by atomic mass is 10.1. The third-order valence-electron chi connectivity index (χ3n) is 4.61. The van der Waals surface area contributed by atoms with Gasteiger partial charge in [-0.05, 0) is 36.2 Å². The summed E-state index contributed by atoms with van der Waals surface area (Å²) in [5, 5.41) is 10.3. The summed E-state index contributed by atoms with van der Waals surface area (Å²) in [5.41, 5.74) is 2.11. The summed E-state index contributed by atoms with van der Waals surface area (Å²) in [7, 11) is 1.72. The topological polar surface area (TPSA) is 48.8 Å². The van der Waals surface area contributed by atoms with Gasteiger partial charge in [0.25, 0.3) is 0 Å². The summed E-state index contributed by atoms with van der Waals surface area (Å²) in [4.78, 5) is 8.77. The van der Waals surface area contributed by atoms with Crippen LogP contribution in [0.15, 0.2) is 48.8 Å². The molecule has 0 aliphatic carbocycles. The van der Waals surface area contributed by atoms with Crippen molar-refractivity contribution in [1.29, 1.82) is 0 Å². The summed E-state index contributed by atoms with van der Waals surface area (Å²) in [6.07, 6.45) is 3.79. The molecule has 1 aliphatic heterocycles. The number of para-hydroxylation sites is 2. The fourth-order valence-corrected chi connectivity index (χ4v) is 3.16. The van der Waals surface area contributed by atoms with Gasteiger partial charge in [-0.3, -0.25) is 9.88 Å². The zero-order valence-corrected chi connectivity index (χ0v) is 14.1. The monoisotopic (exact) mass is 327 g/mol. The molecular weight excluding hydrogens is 302 g/mol. The first-order valence-electron chi connectivity index (χ1n) is 8.46. The Kier molecular flexibility index (Phi) is 5.67. The molecule has 1 saturated heterocycles. The predicted molar refractivity (Wildman–Crippen MR) is 95.5 cm³/mol. The maximum atomic E-state index is 10.3. The van der Waals surface area contributed by atoms with Crippen molar-refractivity contribution in [2.75, 3.05) is 44.7 Å². The van der Waals surface area contributed by atoms with E-state index >= 15 is 0 Å². The molecular formula is C19H25N3O2. The predicted octanol–water partition coefficient (Wildman–Crippen LogP) is 2.34. The minimum Gasteiger partial charge on any atom is -0.495 e. The van der Waals surface area contributed by atoms with E-state index in [9.17, 15) is 5.11 Å². The summed E-state index contributed by atoms with van der Waals surface area (Å²) in [5.74, 6) is 0.930. The number of aliphatic hydroxyl groups excluding tert-OH is 1. The van der Waals surface area contributed by atoms with E-state index in [0.717, 1.165) is 56.1 Å². The Bertz CT molecular complexity index is 628. The van der Waals surface area contributed by atoms with Gasteiger partial charge in [-0.25, -0.2) is 0 Å². The van der Waals surface area contributed by atoms with Crippen molar-refractivity contribution in [3.63, 3.8) is 0 Å². The molecule has 0 bridgehead atoms. The van der Waals surface area contributed by atoms with Gasteiger partial charge in [0.1, 0.15) is 5.75 Å². The van der Waals surface area contributed by atoms with E-state index in [1.165, 1.54) is 0 Å². The highest BCUT2D eigenvalue weighted by molar-refractivity contribution is 5.58. The van der Waals surface area contributed by atoms with Gasteiger partial charge >= 0.3 is 0 Å². The van der Waals surface area contributed by atoms with Crippen molar-refractivity contribution in [1.82, 2.24) is 9.88 Å². The Morgan fingerprint density at radius 1 is 1.08 bits per heavy atom. The average molecular weight is 327 g/mol. The first-order valence-corrected chi connectivity index (χ1v) is 8.46. The number of hydrogen-bond acceptors (Lipinski definition) is 5. The van der Waals surface area contributed by atoms with Gasteiger partial charge < -0.3 is 14.7 Å². The zero-order valence-electron chi connectivity index (χ0n) is 14.1. The van der Waals surface area contributed by atoms with Crippen molar-refractivity contribution in [2.45, 2.75) is 12.5 Å². The van der Waals surface area contributed by atoms with Crippen LogP contribution in [0.4, 0.5) is 5.69 Å².